The molecule has 0 saturated heterocycles. The van der Waals surface area contributed by atoms with E-state index in [-0.39, 0.29) is 31.1 Å². The van der Waals surface area contributed by atoms with Crippen LogP contribution in [0.3, 0.4) is 0 Å². The number of alkyl halides is 5. The number of allylic oxidation sites excluding steroid dienone is 4. The van der Waals surface area contributed by atoms with Gasteiger partial charge in [-0.2, -0.15) is 22.0 Å². The largest absolute Gasteiger partial charge is 0.456 e. The first kappa shape index (κ1) is 33.1. The van der Waals surface area contributed by atoms with Gasteiger partial charge in [-0.25, -0.2) is 9.18 Å². The van der Waals surface area contributed by atoms with E-state index in [2.05, 4.69) is 10.6 Å². The van der Waals surface area contributed by atoms with Gasteiger partial charge >= 0.3 is 18.1 Å². The molecule has 250 valence electrons. The van der Waals surface area contributed by atoms with E-state index in [0.29, 0.717) is 31.4 Å². The second-order valence-electron chi connectivity index (χ2n) is 13.4. The Morgan fingerprint density at radius 2 is 1.70 bits per heavy atom. The summed E-state index contributed by atoms with van der Waals surface area (Å²) in [6.07, 6.45) is 0.466. The highest BCUT2D eigenvalue weighted by molar-refractivity contribution is 5.93. The molecule has 0 bridgehead atoms. The molecule has 4 aliphatic carbocycles. The normalized spacial score (nSPS) is 29.2. The third-order valence-electron chi connectivity index (χ3n) is 10.9. The molecule has 0 aromatic heterocycles. The number of nitrogens with one attached hydrogen (secondary N) is 2. The number of carbonyl (C=O) groups is 2. The molecule has 2 fully saturated rings. The Morgan fingerprint density at radius 3 is 2.38 bits per heavy atom. The van der Waals surface area contributed by atoms with Crippen LogP contribution in [-0.2, 0) is 4.79 Å². The van der Waals surface area contributed by atoms with Crippen molar-refractivity contribution in [1.82, 2.24) is 5.32 Å². The topological polar surface area (TPSA) is 78.4 Å². The number of urea groups is 1. The summed E-state index contributed by atoms with van der Waals surface area (Å²) in [7, 11) is 0. The van der Waals surface area contributed by atoms with Crippen molar-refractivity contribution in [1.29, 1.82) is 0 Å². The van der Waals surface area contributed by atoms with Gasteiger partial charge in [0.2, 0.25) is 0 Å². The number of carbonyl (C=O) groups excluding carboxylic acids is 2. The zero-order chi connectivity index (χ0) is 33.8. The first-order valence-corrected chi connectivity index (χ1v) is 15.9. The fraction of sp³-hybridized carbons (Fsp3) is 0.444. The van der Waals surface area contributed by atoms with Gasteiger partial charge in [-0.15, -0.1) is 0 Å². The Bertz CT molecular complexity index is 1650. The predicted molar refractivity (Wildman–Crippen MR) is 165 cm³/mol. The number of rotatable bonds is 6. The summed E-state index contributed by atoms with van der Waals surface area (Å²) >= 11 is 0. The van der Waals surface area contributed by atoms with Crippen LogP contribution in [0.1, 0.15) is 68.9 Å². The minimum Gasteiger partial charge on any atom is -0.383 e. The first-order valence-electron chi connectivity index (χ1n) is 15.9. The number of ketones is 1. The Kier molecular flexibility index (Phi) is 8.43. The van der Waals surface area contributed by atoms with Crippen LogP contribution in [0, 0.1) is 23.1 Å². The first-order chi connectivity index (χ1) is 22.1. The molecule has 2 saturated carbocycles. The molecule has 5 nitrogen and oxygen atoms in total. The van der Waals surface area contributed by atoms with E-state index < -0.39 is 53.2 Å². The molecule has 3 N–H and O–H groups in total. The number of hydrogen-bond donors (Lipinski definition) is 3. The minimum atomic E-state index is -5.90. The molecule has 6 rings (SSSR count). The smallest absolute Gasteiger partial charge is 0.383 e. The van der Waals surface area contributed by atoms with Crippen molar-refractivity contribution in [3.05, 3.63) is 94.3 Å². The van der Waals surface area contributed by atoms with Crippen molar-refractivity contribution in [2.24, 2.45) is 17.3 Å². The SMILES string of the molecule is C[C@]12C[C@H](c3ccc(/C=C/CNC(=O)Nc4ccc(F)cc4)cc3)C3=C4CCC(=O)C=C4CC[C@H]3C1CC[C@@]2(O)C(F)(F)C(F)(F)F. The van der Waals surface area contributed by atoms with Crippen molar-refractivity contribution in [3.8, 4) is 0 Å². The molecule has 0 spiro atoms. The maximum Gasteiger partial charge on any atom is 0.456 e. The van der Waals surface area contributed by atoms with Crippen LogP contribution in [0.2, 0.25) is 0 Å². The summed E-state index contributed by atoms with van der Waals surface area (Å²) in [6, 6.07) is 12.1. The average molecular weight is 659 g/mol. The molecule has 4 aliphatic rings. The van der Waals surface area contributed by atoms with Gasteiger partial charge in [0.1, 0.15) is 11.4 Å². The Balaban J connectivity index is 1.26. The quantitative estimate of drug-likeness (QED) is 0.273. The molecule has 2 aromatic rings. The van der Waals surface area contributed by atoms with Crippen molar-refractivity contribution >= 4 is 23.6 Å². The van der Waals surface area contributed by atoms with Crippen LogP contribution in [0.4, 0.5) is 36.8 Å². The van der Waals surface area contributed by atoms with Crippen LogP contribution >= 0.6 is 0 Å². The summed E-state index contributed by atoms with van der Waals surface area (Å²) in [5, 5.41) is 16.7. The van der Waals surface area contributed by atoms with Gasteiger partial charge in [-0.1, -0.05) is 48.9 Å². The lowest BCUT2D eigenvalue weighted by Gasteiger charge is -2.56. The molecule has 1 unspecified atom stereocenters. The molecule has 0 aliphatic heterocycles. The van der Waals surface area contributed by atoms with E-state index >= 15 is 8.78 Å². The van der Waals surface area contributed by atoms with Crippen molar-refractivity contribution < 1.29 is 41.0 Å². The maximum absolute atomic E-state index is 15.2. The molecule has 2 amide bonds. The van der Waals surface area contributed by atoms with Gasteiger partial charge in [0.15, 0.2) is 5.78 Å². The van der Waals surface area contributed by atoms with Gasteiger partial charge in [0, 0.05) is 30.0 Å². The van der Waals surface area contributed by atoms with Crippen LogP contribution in [0.5, 0.6) is 0 Å². The van der Waals surface area contributed by atoms with Crippen LogP contribution < -0.4 is 10.6 Å². The highest BCUT2D eigenvalue weighted by atomic mass is 19.4. The highest BCUT2D eigenvalue weighted by Gasteiger charge is 2.79. The monoisotopic (exact) mass is 658 g/mol. The zero-order valence-corrected chi connectivity index (χ0v) is 25.8. The highest BCUT2D eigenvalue weighted by Crippen LogP contribution is 2.70. The van der Waals surface area contributed by atoms with Gasteiger partial charge in [-0.3, -0.25) is 4.79 Å². The molecule has 0 radical (unpaired) electrons. The molecular formula is C36H36F6N2O3. The number of aliphatic hydroxyl groups is 1. The number of benzene rings is 2. The van der Waals surface area contributed by atoms with Crippen molar-refractivity contribution in [2.75, 3.05) is 11.9 Å². The average Bonchev–Trinajstić information content (AvgIpc) is 3.31. The van der Waals surface area contributed by atoms with E-state index in [9.17, 15) is 32.3 Å². The Labute approximate surface area is 268 Å². The summed E-state index contributed by atoms with van der Waals surface area (Å²) in [5.74, 6) is -7.04. The minimum absolute atomic E-state index is 0.0265. The third-order valence-corrected chi connectivity index (χ3v) is 10.9. The number of amides is 2. The summed E-state index contributed by atoms with van der Waals surface area (Å²) in [6.45, 7) is 1.60. The number of hydrogen-bond acceptors (Lipinski definition) is 3. The summed E-state index contributed by atoms with van der Waals surface area (Å²) in [5.41, 5.74) is -0.0685. The standard InChI is InChI=1S/C36H36F6N2O3/c1-33-20-29(22-6-4-21(5-7-22)3-2-18-43-32(46)44-25-11-9-24(37)10-12-25)31-27-15-13-26(45)19-23(27)8-14-28(31)30(33)16-17-34(33,47)35(38,39)36(40,41)42/h2-7,9-12,19,28-30,47H,8,13-18,20H2,1H3,(H2,43,44,46)/b3-2+/t28-,29+,30?,33-,34-/m0/s1. The fourth-order valence-electron chi connectivity index (χ4n) is 8.61. The van der Waals surface area contributed by atoms with E-state index in [4.69, 9.17) is 0 Å². The summed E-state index contributed by atoms with van der Waals surface area (Å²) < 4.78 is 84.8. The van der Waals surface area contributed by atoms with Gasteiger partial charge in [0.25, 0.3) is 0 Å². The van der Waals surface area contributed by atoms with E-state index in [1.807, 2.05) is 24.3 Å². The number of fused-ring (bicyclic) bond motifs is 4. The van der Waals surface area contributed by atoms with Crippen LogP contribution in [0.25, 0.3) is 6.08 Å². The fourth-order valence-corrected chi connectivity index (χ4v) is 8.61. The van der Waals surface area contributed by atoms with E-state index in [1.165, 1.54) is 31.2 Å². The number of halogens is 6. The Hall–Kier alpha value is -3.86. The van der Waals surface area contributed by atoms with Gasteiger partial charge in [-0.05, 0) is 103 Å². The predicted octanol–water partition coefficient (Wildman–Crippen LogP) is 8.49. The molecule has 2 aromatic carbocycles. The van der Waals surface area contributed by atoms with Gasteiger partial charge in [0.05, 0.1) is 0 Å². The lowest BCUT2D eigenvalue weighted by molar-refractivity contribution is -0.362. The third kappa shape index (κ3) is 5.70. The Morgan fingerprint density at radius 1 is 1.00 bits per heavy atom. The van der Waals surface area contributed by atoms with Crippen LogP contribution in [0.15, 0.2) is 77.4 Å². The molecular weight excluding hydrogens is 622 g/mol. The molecule has 47 heavy (non-hydrogen) atoms. The lowest BCUT2D eigenvalue weighted by atomic mass is 9.50. The number of anilines is 1. The van der Waals surface area contributed by atoms with Crippen molar-refractivity contribution in [2.45, 2.75) is 75.5 Å². The molecule has 5 atom stereocenters. The van der Waals surface area contributed by atoms with Crippen LogP contribution in [-0.4, -0.2) is 41.2 Å². The van der Waals surface area contributed by atoms with E-state index in [0.717, 1.165) is 27.8 Å². The summed E-state index contributed by atoms with van der Waals surface area (Å²) in [4.78, 5) is 24.4. The zero-order valence-electron chi connectivity index (χ0n) is 25.8. The van der Waals surface area contributed by atoms with Gasteiger partial charge < -0.3 is 15.7 Å². The second-order valence-corrected chi connectivity index (χ2v) is 13.4. The second kappa shape index (κ2) is 12.0. The van der Waals surface area contributed by atoms with Crippen molar-refractivity contribution in [3.63, 3.8) is 0 Å². The lowest BCUT2D eigenvalue weighted by Crippen LogP contribution is -2.65. The maximum atomic E-state index is 15.2. The molecule has 0 heterocycles. The molecule has 11 heteroatoms. The van der Waals surface area contributed by atoms with E-state index in [1.54, 1.807) is 18.2 Å².